The zero-order valence-electron chi connectivity index (χ0n) is 11.9. The lowest BCUT2D eigenvalue weighted by molar-refractivity contribution is 0.0599. The van der Waals surface area contributed by atoms with Crippen LogP contribution in [0.5, 0.6) is 0 Å². The van der Waals surface area contributed by atoms with Gasteiger partial charge in [0.25, 0.3) is 0 Å². The molecule has 0 unspecified atom stereocenters. The number of esters is 1. The summed E-state index contributed by atoms with van der Waals surface area (Å²) < 4.78 is 4.81. The van der Waals surface area contributed by atoms with Crippen LogP contribution in [0.4, 0.5) is 0 Å². The van der Waals surface area contributed by atoms with Gasteiger partial charge in [-0.05, 0) is 36.3 Å². The van der Waals surface area contributed by atoms with Gasteiger partial charge in [-0.2, -0.15) is 0 Å². The average Bonchev–Trinajstić information content (AvgIpc) is 3.19. The molecule has 1 aliphatic rings. The Balaban J connectivity index is 1.91. The molecule has 1 aliphatic carbocycles. The number of carbonyl (C=O) groups is 1. The van der Waals surface area contributed by atoms with E-state index in [-0.39, 0.29) is 5.97 Å². The van der Waals surface area contributed by atoms with E-state index in [4.69, 9.17) is 4.74 Å². The number of rotatable bonds is 7. The zero-order chi connectivity index (χ0) is 13.7. The second-order valence-electron chi connectivity index (χ2n) is 5.50. The highest BCUT2D eigenvalue weighted by molar-refractivity contribution is 5.90. The maximum absolute atomic E-state index is 11.7. The smallest absolute Gasteiger partial charge is 0.338 e. The molecular weight excluding hydrogens is 238 g/mol. The summed E-state index contributed by atoms with van der Waals surface area (Å²) in [5, 5.41) is 3.50. The molecule has 1 saturated carbocycles. The van der Waals surface area contributed by atoms with Gasteiger partial charge < -0.3 is 10.1 Å². The van der Waals surface area contributed by atoms with Crippen molar-refractivity contribution in [2.75, 3.05) is 13.7 Å². The maximum atomic E-state index is 11.7. The van der Waals surface area contributed by atoms with Crippen LogP contribution in [0.3, 0.4) is 0 Å². The van der Waals surface area contributed by atoms with Crippen molar-refractivity contribution in [1.82, 2.24) is 5.32 Å². The van der Waals surface area contributed by atoms with Crippen molar-refractivity contribution in [3.05, 3.63) is 35.4 Å². The molecule has 0 saturated heterocycles. The third-order valence-corrected chi connectivity index (χ3v) is 3.98. The lowest BCUT2D eigenvalue weighted by Gasteiger charge is -2.15. The van der Waals surface area contributed by atoms with Crippen LogP contribution in [0.25, 0.3) is 0 Å². The van der Waals surface area contributed by atoms with Crippen LogP contribution < -0.4 is 5.32 Å². The van der Waals surface area contributed by atoms with Crippen molar-refractivity contribution in [2.45, 2.75) is 39.2 Å². The topological polar surface area (TPSA) is 38.3 Å². The summed E-state index contributed by atoms with van der Waals surface area (Å²) in [5.74, 6) is -0.257. The number of ether oxygens (including phenoxy) is 1. The molecule has 3 heteroatoms. The minimum Gasteiger partial charge on any atom is -0.465 e. The number of methoxy groups -OCH3 is 1. The molecule has 0 atom stereocenters. The van der Waals surface area contributed by atoms with Gasteiger partial charge in [0.05, 0.1) is 12.7 Å². The molecule has 0 bridgehead atoms. The highest BCUT2D eigenvalue weighted by atomic mass is 16.5. The Labute approximate surface area is 115 Å². The summed E-state index contributed by atoms with van der Waals surface area (Å²) in [6.45, 7) is 4.03. The fraction of sp³-hybridized carbons (Fsp3) is 0.562. The van der Waals surface area contributed by atoms with Gasteiger partial charge in [-0.3, -0.25) is 0 Å². The quantitative estimate of drug-likeness (QED) is 0.766. The van der Waals surface area contributed by atoms with E-state index in [1.807, 2.05) is 24.3 Å². The monoisotopic (exact) mass is 261 g/mol. The first-order valence-corrected chi connectivity index (χ1v) is 7.08. The van der Waals surface area contributed by atoms with E-state index < -0.39 is 0 Å². The Morgan fingerprint density at radius 1 is 1.37 bits per heavy atom. The van der Waals surface area contributed by atoms with Crippen LogP contribution in [0.15, 0.2) is 24.3 Å². The molecule has 1 N–H and O–H groups in total. The summed E-state index contributed by atoms with van der Waals surface area (Å²) >= 11 is 0. The summed E-state index contributed by atoms with van der Waals surface area (Å²) in [7, 11) is 1.42. The van der Waals surface area contributed by atoms with Crippen molar-refractivity contribution in [3.63, 3.8) is 0 Å². The molecule has 0 radical (unpaired) electrons. The molecule has 3 nitrogen and oxygen atoms in total. The second kappa shape index (κ2) is 6.20. The van der Waals surface area contributed by atoms with Gasteiger partial charge in [0, 0.05) is 13.1 Å². The highest BCUT2D eigenvalue weighted by Gasteiger charge is 2.40. The molecule has 0 amide bonds. The number of hydrogen-bond donors (Lipinski definition) is 1. The third-order valence-electron chi connectivity index (χ3n) is 3.98. The highest BCUT2D eigenvalue weighted by Crippen LogP contribution is 2.48. The Morgan fingerprint density at radius 2 is 2.11 bits per heavy atom. The van der Waals surface area contributed by atoms with E-state index >= 15 is 0 Å². The lowest BCUT2D eigenvalue weighted by Crippen LogP contribution is -2.24. The van der Waals surface area contributed by atoms with Crippen LogP contribution in [0, 0.1) is 5.41 Å². The molecular formula is C16H23NO2. The standard InChI is InChI=1S/C16H23NO2/c1-3-8-16(9-10-16)12-17-11-13-6-4-5-7-14(13)15(18)19-2/h4-7,17H,3,8-12H2,1-2H3. The Morgan fingerprint density at radius 3 is 2.74 bits per heavy atom. The van der Waals surface area contributed by atoms with Gasteiger partial charge >= 0.3 is 5.97 Å². The zero-order valence-corrected chi connectivity index (χ0v) is 11.9. The van der Waals surface area contributed by atoms with Crippen molar-refractivity contribution in [3.8, 4) is 0 Å². The van der Waals surface area contributed by atoms with Gasteiger partial charge in [-0.25, -0.2) is 4.79 Å². The minimum absolute atomic E-state index is 0.257. The molecule has 0 aliphatic heterocycles. The first-order valence-electron chi connectivity index (χ1n) is 7.08. The van der Waals surface area contributed by atoms with Crippen molar-refractivity contribution >= 4 is 5.97 Å². The lowest BCUT2D eigenvalue weighted by atomic mass is 10.0. The van der Waals surface area contributed by atoms with Gasteiger partial charge in [-0.1, -0.05) is 31.5 Å². The van der Waals surface area contributed by atoms with Gasteiger partial charge in [-0.15, -0.1) is 0 Å². The Hall–Kier alpha value is -1.35. The van der Waals surface area contributed by atoms with E-state index in [1.165, 1.54) is 32.8 Å². The Bertz CT molecular complexity index is 438. The van der Waals surface area contributed by atoms with Crippen LogP contribution in [0.1, 0.15) is 48.5 Å². The van der Waals surface area contributed by atoms with Crippen LogP contribution in [-0.2, 0) is 11.3 Å². The Kier molecular flexibility index (Phi) is 4.59. The molecule has 0 heterocycles. The third kappa shape index (κ3) is 3.57. The van der Waals surface area contributed by atoms with E-state index in [2.05, 4.69) is 12.2 Å². The molecule has 1 fully saturated rings. The number of carbonyl (C=O) groups excluding carboxylic acids is 1. The molecule has 1 aromatic carbocycles. The van der Waals surface area contributed by atoms with Gasteiger partial charge in [0.1, 0.15) is 0 Å². The van der Waals surface area contributed by atoms with Crippen LogP contribution >= 0.6 is 0 Å². The van der Waals surface area contributed by atoms with E-state index in [0.29, 0.717) is 11.0 Å². The van der Waals surface area contributed by atoms with Gasteiger partial charge in [0.2, 0.25) is 0 Å². The number of benzene rings is 1. The molecule has 104 valence electrons. The summed E-state index contributed by atoms with van der Waals surface area (Å²) in [6.07, 6.45) is 5.23. The number of nitrogens with one attached hydrogen (secondary N) is 1. The SMILES string of the molecule is CCCC1(CNCc2ccccc2C(=O)OC)CC1. The van der Waals surface area contributed by atoms with E-state index in [9.17, 15) is 4.79 Å². The number of hydrogen-bond acceptors (Lipinski definition) is 3. The largest absolute Gasteiger partial charge is 0.465 e. The van der Waals surface area contributed by atoms with E-state index in [0.717, 1.165) is 18.7 Å². The van der Waals surface area contributed by atoms with Crippen molar-refractivity contribution in [1.29, 1.82) is 0 Å². The fourth-order valence-electron chi connectivity index (χ4n) is 2.67. The fourth-order valence-corrected chi connectivity index (χ4v) is 2.67. The predicted octanol–water partition coefficient (Wildman–Crippen LogP) is 3.14. The van der Waals surface area contributed by atoms with Crippen molar-refractivity contribution in [2.24, 2.45) is 5.41 Å². The van der Waals surface area contributed by atoms with Crippen LogP contribution in [-0.4, -0.2) is 19.6 Å². The second-order valence-corrected chi connectivity index (χ2v) is 5.50. The molecule has 19 heavy (non-hydrogen) atoms. The van der Waals surface area contributed by atoms with Crippen molar-refractivity contribution < 1.29 is 9.53 Å². The normalized spacial score (nSPS) is 16.1. The predicted molar refractivity (Wildman–Crippen MR) is 76.1 cm³/mol. The molecule has 0 aromatic heterocycles. The van der Waals surface area contributed by atoms with Gasteiger partial charge in [0.15, 0.2) is 0 Å². The minimum atomic E-state index is -0.257. The van der Waals surface area contributed by atoms with Crippen LogP contribution in [0.2, 0.25) is 0 Å². The summed E-state index contributed by atoms with van der Waals surface area (Å²) in [5.41, 5.74) is 2.22. The summed E-state index contributed by atoms with van der Waals surface area (Å²) in [6, 6.07) is 7.64. The average molecular weight is 261 g/mol. The summed E-state index contributed by atoms with van der Waals surface area (Å²) in [4.78, 5) is 11.7. The first-order chi connectivity index (χ1) is 9.21. The van der Waals surface area contributed by atoms with E-state index in [1.54, 1.807) is 0 Å². The first kappa shape index (κ1) is 14.1. The molecule has 2 rings (SSSR count). The molecule has 0 spiro atoms. The molecule has 1 aromatic rings. The maximum Gasteiger partial charge on any atom is 0.338 e.